The summed E-state index contributed by atoms with van der Waals surface area (Å²) in [5, 5.41) is 56.2. The van der Waals surface area contributed by atoms with Crippen molar-refractivity contribution in [2.75, 3.05) is 70.4 Å². The molecule has 0 unspecified atom stereocenters. The minimum atomic E-state index is -1.74. The fourth-order valence-corrected chi connectivity index (χ4v) is 4.18. The van der Waals surface area contributed by atoms with E-state index in [1.54, 1.807) is 0 Å². The number of rotatable bonds is 20. The van der Waals surface area contributed by atoms with Gasteiger partial charge < -0.3 is 60.5 Å². The van der Waals surface area contributed by atoms with Crippen LogP contribution in [0.1, 0.15) is 23.2 Å². The normalized spacial score (nSPS) is 21.5. The minimum absolute atomic E-state index is 0.0407. The molecule has 250 valence electrons. The second-order valence-corrected chi connectivity index (χ2v) is 9.96. The Morgan fingerprint density at radius 1 is 0.911 bits per heavy atom. The lowest BCUT2D eigenvalue weighted by atomic mass is 9.99. The topological polar surface area (TPSA) is 271 Å². The van der Waals surface area contributed by atoms with Gasteiger partial charge in [-0.15, -0.1) is 0 Å². The Morgan fingerprint density at radius 2 is 1.53 bits per heavy atom. The van der Waals surface area contributed by atoms with Gasteiger partial charge in [-0.1, -0.05) is 0 Å². The largest absolute Gasteiger partial charge is 0.462 e. The van der Waals surface area contributed by atoms with E-state index in [2.05, 4.69) is 10.6 Å². The summed E-state index contributed by atoms with van der Waals surface area (Å²) in [5.41, 5.74) is 3.69. The maximum atomic E-state index is 12.6. The Labute approximate surface area is 256 Å². The van der Waals surface area contributed by atoms with Gasteiger partial charge in [0.05, 0.1) is 44.0 Å². The quantitative estimate of drug-likeness (QED) is 0.0344. The Hall–Kier alpha value is -3.75. The zero-order valence-electron chi connectivity index (χ0n) is 24.3. The molecule has 0 aliphatic carbocycles. The first-order valence-corrected chi connectivity index (χ1v) is 14.2. The van der Waals surface area contributed by atoms with Crippen LogP contribution in [0.15, 0.2) is 27.8 Å². The number of ether oxygens (including phenoxy) is 5. The zero-order chi connectivity index (χ0) is 32.9. The summed E-state index contributed by atoms with van der Waals surface area (Å²) in [6.45, 7) is 2.03. The number of aliphatic hydroxyl groups excluding tert-OH is 4. The molecule has 8 N–H and O–H groups in total. The molecule has 0 saturated carbocycles. The summed E-state index contributed by atoms with van der Waals surface area (Å²) in [4.78, 5) is 45.6. The molecule has 18 nitrogen and oxygen atoms in total. The van der Waals surface area contributed by atoms with Crippen LogP contribution in [0, 0.1) is 10.1 Å². The van der Waals surface area contributed by atoms with Crippen molar-refractivity contribution < 1.29 is 53.8 Å². The monoisotopic (exact) mass is 642 g/mol. The first-order valence-electron chi connectivity index (χ1n) is 14.2. The Morgan fingerprint density at radius 3 is 2.13 bits per heavy atom. The van der Waals surface area contributed by atoms with Crippen LogP contribution < -0.4 is 32.0 Å². The average Bonchev–Trinajstić information content (AvgIpc) is 3.03. The third-order valence-corrected chi connectivity index (χ3v) is 6.67. The first kappa shape index (κ1) is 35.7. The third-order valence-electron chi connectivity index (χ3n) is 6.67. The lowest BCUT2D eigenvalue weighted by molar-refractivity contribution is -0.385. The molecule has 1 aliphatic rings. The highest BCUT2D eigenvalue weighted by Crippen LogP contribution is 2.28. The number of hydrogen-bond acceptors (Lipinski definition) is 16. The average molecular weight is 643 g/mol. The van der Waals surface area contributed by atoms with E-state index in [1.165, 1.54) is 6.07 Å². The molecule has 0 bridgehead atoms. The molecule has 1 saturated heterocycles. The number of nitrogens with one attached hydrogen (secondary N) is 2. The molecule has 0 aromatic heterocycles. The van der Waals surface area contributed by atoms with E-state index < -0.39 is 64.7 Å². The number of hydrogen-bond donors (Lipinski definition) is 7. The second-order valence-electron chi connectivity index (χ2n) is 9.96. The number of anilines is 2. The lowest BCUT2D eigenvalue weighted by Gasteiger charge is -2.39. The number of amides is 1. The molecule has 0 spiro atoms. The van der Waals surface area contributed by atoms with Crippen LogP contribution in [-0.4, -0.2) is 121 Å². The SMILES string of the molecule is Nc1c(NCCCOCCOCCOCCCNC(=O)c2cc(O[C@H]3O[C@H](CO)[C@H](O)[C@H](O)[C@H]3O)cc([N+](=O)[O-])c2)c(=O)c1=O. The molecule has 0 radical (unpaired) electrons. The molecular weight excluding hydrogens is 604 g/mol. The molecule has 1 fully saturated rings. The van der Waals surface area contributed by atoms with Gasteiger partial charge in [-0.3, -0.25) is 24.5 Å². The van der Waals surface area contributed by atoms with Gasteiger partial charge in [0, 0.05) is 37.9 Å². The maximum absolute atomic E-state index is 12.6. The molecule has 45 heavy (non-hydrogen) atoms. The van der Waals surface area contributed by atoms with Crippen LogP contribution in [0.5, 0.6) is 5.75 Å². The summed E-state index contributed by atoms with van der Waals surface area (Å²) in [7, 11) is 0. The van der Waals surface area contributed by atoms with E-state index in [0.717, 1.165) is 12.1 Å². The van der Waals surface area contributed by atoms with Crippen LogP contribution in [0.3, 0.4) is 0 Å². The van der Waals surface area contributed by atoms with Gasteiger partial charge in [0.1, 0.15) is 41.5 Å². The number of carbonyl (C=O) groups is 1. The number of benzene rings is 1. The predicted octanol–water partition coefficient (Wildman–Crippen LogP) is -2.38. The molecule has 1 heterocycles. The van der Waals surface area contributed by atoms with Crippen LogP contribution >= 0.6 is 0 Å². The molecule has 5 atom stereocenters. The van der Waals surface area contributed by atoms with E-state index in [4.69, 9.17) is 29.4 Å². The van der Waals surface area contributed by atoms with Crippen molar-refractivity contribution in [1.82, 2.24) is 5.32 Å². The predicted molar refractivity (Wildman–Crippen MR) is 156 cm³/mol. The summed E-state index contributed by atoms with van der Waals surface area (Å²) in [6.07, 6.45) is -6.85. The number of nitro groups is 1. The molecule has 3 rings (SSSR count). The van der Waals surface area contributed by atoms with Gasteiger partial charge >= 0.3 is 0 Å². The van der Waals surface area contributed by atoms with Gasteiger partial charge in [-0.05, 0) is 18.9 Å². The van der Waals surface area contributed by atoms with E-state index in [0.29, 0.717) is 59.0 Å². The molecule has 18 heteroatoms. The number of non-ortho nitro benzene ring substituents is 1. The van der Waals surface area contributed by atoms with Gasteiger partial charge in [0.25, 0.3) is 22.5 Å². The van der Waals surface area contributed by atoms with Crippen LogP contribution in [0.4, 0.5) is 17.1 Å². The summed E-state index contributed by atoms with van der Waals surface area (Å²) < 4.78 is 27.0. The highest BCUT2D eigenvalue weighted by Gasteiger charge is 2.44. The maximum Gasteiger partial charge on any atom is 0.273 e. The van der Waals surface area contributed by atoms with Gasteiger partial charge in [0.15, 0.2) is 0 Å². The van der Waals surface area contributed by atoms with Gasteiger partial charge in [0.2, 0.25) is 6.29 Å². The fourth-order valence-electron chi connectivity index (χ4n) is 4.18. The van der Waals surface area contributed by atoms with Crippen molar-refractivity contribution in [2.24, 2.45) is 0 Å². The Balaban J connectivity index is 1.27. The number of nitrogens with zero attached hydrogens (tertiary/aromatic N) is 1. The van der Waals surface area contributed by atoms with Crippen molar-refractivity contribution in [3.8, 4) is 5.75 Å². The molecule has 1 aliphatic heterocycles. The minimum Gasteiger partial charge on any atom is -0.462 e. The van der Waals surface area contributed by atoms with Crippen molar-refractivity contribution in [1.29, 1.82) is 0 Å². The van der Waals surface area contributed by atoms with Crippen molar-refractivity contribution in [3.63, 3.8) is 0 Å². The molecule has 2 aromatic carbocycles. The number of nitrogen functional groups attached to an aromatic ring is 1. The third kappa shape index (κ3) is 10.1. The number of carbonyl (C=O) groups excluding carboxylic acids is 1. The zero-order valence-corrected chi connectivity index (χ0v) is 24.3. The summed E-state index contributed by atoms with van der Waals surface area (Å²) in [6, 6.07) is 3.23. The second kappa shape index (κ2) is 17.7. The standard InChI is InChI=1S/C27H38N4O14/c28-19-20(23(35)22(19)34)29-3-1-5-41-7-9-43-10-8-42-6-2-4-30-26(38)15-11-16(31(39)40)13-17(12-15)44-27-25(37)24(36)21(33)18(14-32)45-27/h11-13,18,21,24-25,27,29,32-33,36-37H,1-10,14,28H2,(H,30,38)/t18-,21+,24+,25-,27+/m1/s1. The van der Waals surface area contributed by atoms with Crippen molar-refractivity contribution in [3.05, 3.63) is 54.3 Å². The van der Waals surface area contributed by atoms with E-state index >= 15 is 0 Å². The number of nitrogens with two attached hydrogens (primary N) is 1. The molecular formula is C27H38N4O14. The molecule has 1 amide bonds. The highest BCUT2D eigenvalue weighted by atomic mass is 16.7. The van der Waals surface area contributed by atoms with Crippen LogP contribution in [-0.2, 0) is 18.9 Å². The highest BCUT2D eigenvalue weighted by molar-refractivity contribution is 5.95. The molecule has 2 aromatic rings. The van der Waals surface area contributed by atoms with E-state index in [1.807, 2.05) is 0 Å². The van der Waals surface area contributed by atoms with Gasteiger partial charge in [-0.25, -0.2) is 0 Å². The number of nitro benzene ring substituents is 1. The summed E-state index contributed by atoms with van der Waals surface area (Å²) in [5.74, 6) is -0.849. The van der Waals surface area contributed by atoms with Crippen LogP contribution in [0.2, 0.25) is 0 Å². The Bertz CT molecular complexity index is 1330. The van der Waals surface area contributed by atoms with Gasteiger partial charge in [-0.2, -0.15) is 0 Å². The number of aliphatic hydroxyl groups is 4. The Kier molecular flexibility index (Phi) is 14.0. The van der Waals surface area contributed by atoms with E-state index in [-0.39, 0.29) is 29.2 Å². The van der Waals surface area contributed by atoms with E-state index in [9.17, 15) is 44.9 Å². The summed E-state index contributed by atoms with van der Waals surface area (Å²) >= 11 is 0. The first-order chi connectivity index (χ1) is 21.5. The van der Waals surface area contributed by atoms with Crippen molar-refractivity contribution >= 4 is 23.0 Å². The smallest absolute Gasteiger partial charge is 0.273 e. The van der Waals surface area contributed by atoms with Crippen LogP contribution in [0.25, 0.3) is 0 Å². The lowest BCUT2D eigenvalue weighted by Crippen LogP contribution is -2.60. The van der Waals surface area contributed by atoms with Crippen molar-refractivity contribution in [2.45, 2.75) is 43.5 Å². The fraction of sp³-hybridized carbons (Fsp3) is 0.593.